The van der Waals surface area contributed by atoms with E-state index >= 15 is 0 Å². The second kappa shape index (κ2) is 10.1. The number of amides is 2. The van der Waals surface area contributed by atoms with Crippen LogP contribution in [0.15, 0.2) is 35.9 Å². The molecule has 1 unspecified atom stereocenters. The summed E-state index contributed by atoms with van der Waals surface area (Å²) in [6, 6.07) is 1.81. The van der Waals surface area contributed by atoms with Gasteiger partial charge in [0.2, 0.25) is 0 Å². The molecule has 1 fully saturated rings. The van der Waals surface area contributed by atoms with Gasteiger partial charge in [-0.15, -0.1) is 0 Å². The molecule has 1 N–H and O–H groups in total. The molecule has 0 aliphatic carbocycles. The lowest BCUT2D eigenvalue weighted by Gasteiger charge is -2.37. The largest absolute Gasteiger partial charge is 0.610 e. The predicted molar refractivity (Wildman–Crippen MR) is 121 cm³/mol. The predicted octanol–water partition coefficient (Wildman–Crippen LogP) is 2.31. The second-order valence-corrected chi connectivity index (χ2v) is 9.86. The number of nitrogens with one attached hydrogen (secondary N) is 1. The fourth-order valence-electron chi connectivity index (χ4n) is 3.12. The number of piperazine rings is 1. The van der Waals surface area contributed by atoms with Gasteiger partial charge in [-0.25, -0.2) is 4.79 Å². The number of carbonyl (C=O) groups excluding carboxylic acids is 2. The first kappa shape index (κ1) is 23.7. The zero-order valence-electron chi connectivity index (χ0n) is 18.7. The third kappa shape index (κ3) is 6.07. The van der Waals surface area contributed by atoms with E-state index in [9.17, 15) is 14.1 Å². The van der Waals surface area contributed by atoms with Crippen molar-refractivity contribution >= 4 is 34.6 Å². The first-order chi connectivity index (χ1) is 15.2. The number of hydrogen-bond donors (Lipinski definition) is 1. The van der Waals surface area contributed by atoms with E-state index in [-0.39, 0.29) is 16.8 Å². The maximum absolute atomic E-state index is 12.8. The van der Waals surface area contributed by atoms with Crippen molar-refractivity contribution in [3.8, 4) is 0 Å². The van der Waals surface area contributed by atoms with Crippen molar-refractivity contribution in [2.24, 2.45) is 0 Å². The van der Waals surface area contributed by atoms with Gasteiger partial charge in [-0.3, -0.25) is 14.8 Å². The SMILES string of the molecule is CC[S+]([O-])c1cncc(C(=O)Nc2cnccc2N2CCN(C(=O)OC(C)(C)C)CC2)n1. The van der Waals surface area contributed by atoms with Gasteiger partial charge in [0.15, 0.2) is 5.69 Å². The Morgan fingerprint density at radius 2 is 1.88 bits per heavy atom. The Balaban J connectivity index is 1.68. The number of carbonyl (C=O) groups is 2. The fourth-order valence-corrected chi connectivity index (χ4v) is 3.79. The van der Waals surface area contributed by atoms with Gasteiger partial charge in [-0.2, -0.15) is 4.98 Å². The fraction of sp³-hybridized carbons (Fsp3) is 0.476. The zero-order valence-corrected chi connectivity index (χ0v) is 19.5. The lowest BCUT2D eigenvalue weighted by atomic mass is 10.2. The van der Waals surface area contributed by atoms with Gasteiger partial charge >= 0.3 is 6.09 Å². The van der Waals surface area contributed by atoms with Gasteiger partial charge in [0, 0.05) is 43.6 Å². The third-order valence-corrected chi connectivity index (χ3v) is 5.85. The normalized spacial score (nSPS) is 15.3. The third-order valence-electron chi connectivity index (χ3n) is 4.66. The van der Waals surface area contributed by atoms with Crippen LogP contribution in [0.1, 0.15) is 38.2 Å². The van der Waals surface area contributed by atoms with Crippen LogP contribution < -0.4 is 10.2 Å². The first-order valence-electron chi connectivity index (χ1n) is 10.4. The molecular formula is C21H28N6O4S. The quantitative estimate of drug-likeness (QED) is 0.674. The highest BCUT2D eigenvalue weighted by Gasteiger charge is 2.27. The Morgan fingerprint density at radius 1 is 1.16 bits per heavy atom. The Morgan fingerprint density at radius 3 is 2.53 bits per heavy atom. The van der Waals surface area contributed by atoms with Gasteiger partial charge < -0.3 is 24.4 Å². The van der Waals surface area contributed by atoms with Crippen LogP contribution in [0.4, 0.5) is 16.2 Å². The Hall–Kier alpha value is -2.92. The maximum atomic E-state index is 12.8. The van der Waals surface area contributed by atoms with Crippen LogP contribution in [-0.4, -0.2) is 73.9 Å². The minimum atomic E-state index is -1.30. The summed E-state index contributed by atoms with van der Waals surface area (Å²) in [5.41, 5.74) is 0.847. The molecule has 3 rings (SSSR count). The van der Waals surface area contributed by atoms with E-state index in [2.05, 4.69) is 25.2 Å². The Labute approximate surface area is 190 Å². The van der Waals surface area contributed by atoms with E-state index in [0.717, 1.165) is 5.69 Å². The number of aromatic nitrogens is 3. The Bertz CT molecular complexity index is 959. The number of hydrogen-bond acceptors (Lipinski definition) is 8. The van der Waals surface area contributed by atoms with Crippen molar-refractivity contribution in [1.29, 1.82) is 0 Å². The number of pyridine rings is 1. The van der Waals surface area contributed by atoms with Crippen LogP contribution in [0.5, 0.6) is 0 Å². The molecule has 0 bridgehead atoms. The van der Waals surface area contributed by atoms with Gasteiger partial charge in [0.1, 0.15) is 17.6 Å². The molecular weight excluding hydrogens is 432 g/mol. The molecule has 2 aromatic rings. The van der Waals surface area contributed by atoms with Crippen molar-refractivity contribution in [3.63, 3.8) is 0 Å². The van der Waals surface area contributed by atoms with E-state index in [1.807, 2.05) is 26.8 Å². The monoisotopic (exact) mass is 460 g/mol. The zero-order chi connectivity index (χ0) is 23.3. The molecule has 32 heavy (non-hydrogen) atoms. The average Bonchev–Trinajstić information content (AvgIpc) is 2.78. The number of anilines is 2. The summed E-state index contributed by atoms with van der Waals surface area (Å²) in [5, 5.41) is 3.09. The van der Waals surface area contributed by atoms with Crippen LogP contribution in [0.2, 0.25) is 0 Å². The van der Waals surface area contributed by atoms with Crippen LogP contribution in [0.3, 0.4) is 0 Å². The van der Waals surface area contributed by atoms with Gasteiger partial charge in [-0.05, 0) is 33.8 Å². The number of ether oxygens (including phenoxy) is 1. The van der Waals surface area contributed by atoms with Crippen molar-refractivity contribution < 1.29 is 18.9 Å². The van der Waals surface area contributed by atoms with Crippen LogP contribution in [0.25, 0.3) is 0 Å². The van der Waals surface area contributed by atoms with Crippen LogP contribution >= 0.6 is 0 Å². The topological polar surface area (TPSA) is 124 Å². The highest BCUT2D eigenvalue weighted by Crippen LogP contribution is 2.26. The number of rotatable bonds is 5. The summed E-state index contributed by atoms with van der Waals surface area (Å²) in [7, 11) is 0. The summed E-state index contributed by atoms with van der Waals surface area (Å²) in [4.78, 5) is 41.1. The minimum absolute atomic E-state index is 0.0776. The van der Waals surface area contributed by atoms with E-state index < -0.39 is 22.7 Å². The number of nitrogens with zero attached hydrogens (tertiary/aromatic N) is 5. The summed E-state index contributed by atoms with van der Waals surface area (Å²) < 4.78 is 17.4. The van der Waals surface area contributed by atoms with Crippen LogP contribution in [0, 0.1) is 0 Å². The smallest absolute Gasteiger partial charge is 0.410 e. The van der Waals surface area contributed by atoms with E-state index in [1.54, 1.807) is 24.2 Å². The molecule has 10 nitrogen and oxygen atoms in total. The summed E-state index contributed by atoms with van der Waals surface area (Å²) in [5.74, 6) is -0.0731. The summed E-state index contributed by atoms with van der Waals surface area (Å²) in [6.07, 6.45) is 5.62. The highest BCUT2D eigenvalue weighted by atomic mass is 32.2. The van der Waals surface area contributed by atoms with E-state index in [4.69, 9.17) is 4.74 Å². The summed E-state index contributed by atoms with van der Waals surface area (Å²) >= 11 is -1.30. The standard InChI is InChI=1S/C21H28N6O4S/c1-5-32(30)18-14-23-13-16(24-18)19(28)25-15-12-22-7-6-17(15)26-8-10-27(11-9-26)20(29)31-21(2,3)4/h6-7,12-14H,5,8-11H2,1-4H3,(H,25,28). The van der Waals surface area contributed by atoms with Crippen molar-refractivity contribution in [3.05, 3.63) is 36.5 Å². The molecule has 172 valence electrons. The second-order valence-electron chi connectivity index (χ2n) is 8.18. The van der Waals surface area contributed by atoms with Crippen LogP contribution in [-0.2, 0) is 15.9 Å². The maximum Gasteiger partial charge on any atom is 0.410 e. The first-order valence-corrected chi connectivity index (χ1v) is 11.7. The molecule has 1 saturated heterocycles. The van der Waals surface area contributed by atoms with Crippen molar-refractivity contribution in [1.82, 2.24) is 19.9 Å². The Kier molecular flexibility index (Phi) is 7.52. The molecule has 0 radical (unpaired) electrons. The lowest BCUT2D eigenvalue weighted by Crippen LogP contribution is -2.50. The molecule has 0 aromatic carbocycles. The molecule has 1 aliphatic heterocycles. The lowest BCUT2D eigenvalue weighted by molar-refractivity contribution is 0.0240. The molecule has 2 aromatic heterocycles. The molecule has 2 amide bonds. The van der Waals surface area contributed by atoms with Gasteiger partial charge in [-0.1, -0.05) is 0 Å². The van der Waals surface area contributed by atoms with Crippen molar-refractivity contribution in [2.75, 3.05) is 42.1 Å². The van der Waals surface area contributed by atoms with E-state index in [1.165, 1.54) is 12.4 Å². The molecule has 3 heterocycles. The van der Waals surface area contributed by atoms with E-state index in [0.29, 0.717) is 37.6 Å². The molecule has 11 heteroatoms. The van der Waals surface area contributed by atoms with Gasteiger partial charge in [0.05, 0.1) is 23.8 Å². The molecule has 0 spiro atoms. The van der Waals surface area contributed by atoms with Crippen molar-refractivity contribution in [2.45, 2.75) is 38.3 Å². The highest BCUT2D eigenvalue weighted by molar-refractivity contribution is 7.91. The molecule has 0 saturated carbocycles. The molecule has 1 aliphatic rings. The summed E-state index contributed by atoms with van der Waals surface area (Å²) in [6.45, 7) is 9.46. The average molecular weight is 461 g/mol. The minimum Gasteiger partial charge on any atom is -0.610 e. The molecule has 1 atom stereocenters. The van der Waals surface area contributed by atoms with Gasteiger partial charge in [0.25, 0.3) is 10.9 Å².